The molecule has 1 aliphatic heterocycles. The van der Waals surface area contributed by atoms with Gasteiger partial charge in [0.05, 0.1) is 6.54 Å². The van der Waals surface area contributed by atoms with Gasteiger partial charge in [-0.25, -0.2) is 5.84 Å². The Labute approximate surface area is 82.7 Å². The lowest BCUT2D eigenvalue weighted by molar-refractivity contribution is 0.0778. The molecule has 4 nitrogen and oxygen atoms in total. The second-order valence-corrected chi connectivity index (χ2v) is 3.81. The maximum absolute atomic E-state index is 11.5. The molecular formula is C10H13N3O. The maximum atomic E-state index is 11.5. The fourth-order valence-electron chi connectivity index (χ4n) is 1.77. The topological polar surface area (TPSA) is 59.2 Å². The molecule has 0 fully saturated rings. The number of carbonyl (C=O) groups is 1. The van der Waals surface area contributed by atoms with Crippen LogP contribution in [-0.2, 0) is 6.54 Å². The van der Waals surface area contributed by atoms with Crippen molar-refractivity contribution in [2.45, 2.75) is 26.3 Å². The van der Waals surface area contributed by atoms with Crippen LogP contribution >= 0.6 is 0 Å². The van der Waals surface area contributed by atoms with Crippen molar-refractivity contribution < 1.29 is 4.79 Å². The third-order valence-corrected chi connectivity index (χ3v) is 2.46. The van der Waals surface area contributed by atoms with Crippen LogP contribution in [0.1, 0.15) is 41.4 Å². The third-order valence-electron chi connectivity index (χ3n) is 2.46. The molecular weight excluding hydrogens is 178 g/mol. The van der Waals surface area contributed by atoms with Gasteiger partial charge in [0.15, 0.2) is 0 Å². The predicted octanol–water partition coefficient (Wildman–Crippen LogP) is 1.03. The first-order valence-corrected chi connectivity index (χ1v) is 4.65. The molecule has 74 valence electrons. The second-order valence-electron chi connectivity index (χ2n) is 3.81. The van der Waals surface area contributed by atoms with Crippen molar-refractivity contribution in [3.8, 4) is 0 Å². The average molecular weight is 191 g/mol. The van der Waals surface area contributed by atoms with Gasteiger partial charge < -0.3 is 0 Å². The first-order valence-electron chi connectivity index (χ1n) is 4.65. The van der Waals surface area contributed by atoms with Gasteiger partial charge in [-0.1, -0.05) is 13.8 Å². The smallest absolute Gasteiger partial charge is 0.268 e. The SMILES string of the molecule is CC(C)c1nccc2c1CN(N)C2=O. The highest BCUT2D eigenvalue weighted by Gasteiger charge is 2.28. The number of carbonyl (C=O) groups excluding carboxylic acids is 1. The summed E-state index contributed by atoms with van der Waals surface area (Å²) in [4.78, 5) is 15.8. The van der Waals surface area contributed by atoms with Crippen molar-refractivity contribution in [1.82, 2.24) is 9.99 Å². The van der Waals surface area contributed by atoms with Gasteiger partial charge in [-0.15, -0.1) is 0 Å². The summed E-state index contributed by atoms with van der Waals surface area (Å²) in [6, 6.07) is 1.73. The molecule has 1 amide bonds. The Morgan fingerprint density at radius 2 is 2.29 bits per heavy atom. The molecule has 2 heterocycles. The van der Waals surface area contributed by atoms with E-state index in [1.54, 1.807) is 12.3 Å². The summed E-state index contributed by atoms with van der Waals surface area (Å²) in [7, 11) is 0. The van der Waals surface area contributed by atoms with E-state index in [2.05, 4.69) is 18.8 Å². The number of amides is 1. The molecule has 1 aromatic heterocycles. The molecule has 0 spiro atoms. The zero-order valence-corrected chi connectivity index (χ0v) is 8.32. The standard InChI is InChI=1S/C10H13N3O/c1-6(2)9-8-5-13(11)10(14)7(8)3-4-12-9/h3-4,6H,5,11H2,1-2H3. The molecule has 2 rings (SSSR count). The van der Waals surface area contributed by atoms with Crippen molar-refractivity contribution in [2.24, 2.45) is 5.84 Å². The lowest BCUT2D eigenvalue weighted by Gasteiger charge is -2.08. The summed E-state index contributed by atoms with van der Waals surface area (Å²) in [5.41, 5.74) is 2.66. The van der Waals surface area contributed by atoms with Crippen molar-refractivity contribution in [3.63, 3.8) is 0 Å². The number of nitrogens with two attached hydrogens (primary N) is 1. The number of nitrogens with zero attached hydrogens (tertiary/aromatic N) is 2. The minimum atomic E-state index is -0.107. The number of aromatic nitrogens is 1. The molecule has 0 radical (unpaired) electrons. The van der Waals surface area contributed by atoms with E-state index >= 15 is 0 Å². The summed E-state index contributed by atoms with van der Waals surface area (Å²) in [5, 5.41) is 1.23. The third kappa shape index (κ3) is 1.19. The molecule has 1 aromatic rings. The highest BCUT2D eigenvalue weighted by atomic mass is 16.2. The van der Waals surface area contributed by atoms with E-state index in [9.17, 15) is 4.79 Å². The molecule has 0 unspecified atom stereocenters. The molecule has 1 aliphatic rings. The molecule has 14 heavy (non-hydrogen) atoms. The Bertz CT molecular complexity index is 387. The fraction of sp³-hybridized carbons (Fsp3) is 0.400. The molecule has 0 saturated heterocycles. The van der Waals surface area contributed by atoms with Crippen molar-refractivity contribution in [1.29, 1.82) is 0 Å². The van der Waals surface area contributed by atoms with Crippen LogP contribution in [0.5, 0.6) is 0 Å². The largest absolute Gasteiger partial charge is 0.272 e. The Kier molecular flexibility index (Phi) is 2.00. The van der Waals surface area contributed by atoms with Crippen LogP contribution in [0.15, 0.2) is 12.3 Å². The van der Waals surface area contributed by atoms with E-state index < -0.39 is 0 Å². The van der Waals surface area contributed by atoms with Gasteiger partial charge in [0.25, 0.3) is 5.91 Å². The average Bonchev–Trinajstić information content (AvgIpc) is 2.43. The van der Waals surface area contributed by atoms with Crippen molar-refractivity contribution >= 4 is 5.91 Å². The number of hydrazine groups is 1. The Morgan fingerprint density at radius 3 is 2.93 bits per heavy atom. The van der Waals surface area contributed by atoms with Gasteiger partial charge in [0.2, 0.25) is 0 Å². The molecule has 0 bridgehead atoms. The number of fused-ring (bicyclic) bond motifs is 1. The summed E-state index contributed by atoms with van der Waals surface area (Å²) >= 11 is 0. The quantitative estimate of drug-likeness (QED) is 0.533. The van der Waals surface area contributed by atoms with Gasteiger partial charge in [0, 0.05) is 23.0 Å². The number of hydrogen-bond donors (Lipinski definition) is 1. The van der Waals surface area contributed by atoms with Gasteiger partial charge in [-0.2, -0.15) is 0 Å². The summed E-state index contributed by atoms with van der Waals surface area (Å²) in [5.74, 6) is 5.77. The zero-order chi connectivity index (χ0) is 10.3. The Morgan fingerprint density at radius 1 is 1.57 bits per heavy atom. The van der Waals surface area contributed by atoms with Crippen LogP contribution in [0.3, 0.4) is 0 Å². The van der Waals surface area contributed by atoms with E-state index in [4.69, 9.17) is 5.84 Å². The second kappa shape index (κ2) is 3.06. The van der Waals surface area contributed by atoms with Gasteiger partial charge in [-0.3, -0.25) is 14.8 Å². The highest BCUT2D eigenvalue weighted by molar-refractivity contribution is 5.98. The van der Waals surface area contributed by atoms with E-state index in [0.29, 0.717) is 18.0 Å². The fourth-order valence-corrected chi connectivity index (χ4v) is 1.77. The first-order chi connectivity index (χ1) is 6.61. The lowest BCUT2D eigenvalue weighted by Crippen LogP contribution is -2.30. The highest BCUT2D eigenvalue weighted by Crippen LogP contribution is 2.26. The van der Waals surface area contributed by atoms with Crippen LogP contribution in [0.2, 0.25) is 0 Å². The van der Waals surface area contributed by atoms with Crippen molar-refractivity contribution in [2.75, 3.05) is 0 Å². The molecule has 0 saturated carbocycles. The summed E-state index contributed by atoms with van der Waals surface area (Å²) in [6.45, 7) is 4.61. The van der Waals surface area contributed by atoms with Crippen LogP contribution in [0.4, 0.5) is 0 Å². The predicted molar refractivity (Wildman–Crippen MR) is 52.4 cm³/mol. The van der Waals surface area contributed by atoms with Crippen molar-refractivity contribution in [3.05, 3.63) is 29.1 Å². The maximum Gasteiger partial charge on any atom is 0.268 e. The van der Waals surface area contributed by atoms with Gasteiger partial charge >= 0.3 is 0 Å². The molecule has 0 atom stereocenters. The summed E-state index contributed by atoms with van der Waals surface area (Å²) < 4.78 is 0. The van der Waals surface area contributed by atoms with E-state index in [-0.39, 0.29) is 5.91 Å². The van der Waals surface area contributed by atoms with Gasteiger partial charge in [0.1, 0.15) is 0 Å². The zero-order valence-electron chi connectivity index (χ0n) is 8.32. The van der Waals surface area contributed by atoms with Crippen LogP contribution in [0.25, 0.3) is 0 Å². The van der Waals surface area contributed by atoms with E-state index in [1.165, 1.54) is 5.01 Å². The first kappa shape index (κ1) is 9.15. The molecule has 4 heteroatoms. The normalized spacial score (nSPS) is 15.1. The van der Waals surface area contributed by atoms with E-state index in [0.717, 1.165) is 11.3 Å². The number of pyridine rings is 1. The van der Waals surface area contributed by atoms with E-state index in [1.807, 2.05) is 0 Å². The van der Waals surface area contributed by atoms with Crippen LogP contribution in [0, 0.1) is 0 Å². The van der Waals surface area contributed by atoms with Crippen LogP contribution in [-0.4, -0.2) is 15.9 Å². The number of rotatable bonds is 1. The molecule has 2 N–H and O–H groups in total. The lowest BCUT2D eigenvalue weighted by atomic mass is 10.0. The molecule has 0 aliphatic carbocycles. The minimum Gasteiger partial charge on any atom is -0.272 e. The van der Waals surface area contributed by atoms with Gasteiger partial charge in [-0.05, 0) is 12.0 Å². The Balaban J connectivity index is 2.56. The monoisotopic (exact) mass is 191 g/mol. The molecule has 0 aromatic carbocycles. The number of hydrogen-bond acceptors (Lipinski definition) is 3. The summed E-state index contributed by atoms with van der Waals surface area (Å²) in [6.07, 6.45) is 1.67. The van der Waals surface area contributed by atoms with Crippen LogP contribution < -0.4 is 5.84 Å². The Hall–Kier alpha value is -1.42. The minimum absolute atomic E-state index is 0.107.